The number of phenols is 1. The van der Waals surface area contributed by atoms with Crippen molar-refractivity contribution in [2.24, 2.45) is 10.2 Å². The fourth-order valence-corrected chi connectivity index (χ4v) is 2.76. The highest BCUT2D eigenvalue weighted by molar-refractivity contribution is 5.74. The molecular formula is C21H18N4O. The molecule has 0 amide bonds. The standard InChI is InChI=1S/C21H18N4O/c1-14-3-6-16(7-4-14)20-21(24-23-17-8-10-18(26)11-9-17)25-13-15(2)5-12-19(25)22-20/h3-13,26H,1-2H3. The van der Waals surface area contributed by atoms with Crippen LogP contribution in [0.4, 0.5) is 11.5 Å². The monoisotopic (exact) mass is 342 g/mol. The zero-order valence-electron chi connectivity index (χ0n) is 14.6. The quantitative estimate of drug-likeness (QED) is 0.483. The highest BCUT2D eigenvalue weighted by Gasteiger charge is 2.14. The number of rotatable bonds is 3. The fourth-order valence-electron chi connectivity index (χ4n) is 2.76. The molecular weight excluding hydrogens is 324 g/mol. The minimum atomic E-state index is 0.203. The molecule has 5 nitrogen and oxygen atoms in total. The molecule has 0 atom stereocenters. The van der Waals surface area contributed by atoms with Crippen LogP contribution in [0.1, 0.15) is 11.1 Å². The molecule has 0 aliphatic carbocycles. The van der Waals surface area contributed by atoms with Gasteiger partial charge in [0.15, 0.2) is 5.82 Å². The number of nitrogens with zero attached hydrogens (tertiary/aromatic N) is 4. The number of aryl methyl sites for hydroxylation is 2. The van der Waals surface area contributed by atoms with Crippen molar-refractivity contribution in [2.75, 3.05) is 0 Å². The third-order valence-electron chi connectivity index (χ3n) is 4.18. The summed E-state index contributed by atoms with van der Waals surface area (Å²) in [7, 11) is 0. The van der Waals surface area contributed by atoms with Crippen LogP contribution in [0.5, 0.6) is 5.75 Å². The highest BCUT2D eigenvalue weighted by Crippen LogP contribution is 2.32. The SMILES string of the molecule is Cc1ccc(-c2nc3ccc(C)cn3c2N=Nc2ccc(O)cc2)cc1. The topological polar surface area (TPSA) is 62.2 Å². The number of hydrogen-bond donors (Lipinski definition) is 1. The average Bonchev–Trinajstić information content (AvgIpc) is 2.99. The van der Waals surface area contributed by atoms with Gasteiger partial charge in [0.2, 0.25) is 0 Å². The van der Waals surface area contributed by atoms with E-state index in [9.17, 15) is 5.11 Å². The maximum absolute atomic E-state index is 9.41. The van der Waals surface area contributed by atoms with Gasteiger partial charge in [-0.05, 0) is 49.7 Å². The van der Waals surface area contributed by atoms with Crippen LogP contribution in [0.15, 0.2) is 77.1 Å². The summed E-state index contributed by atoms with van der Waals surface area (Å²) in [4.78, 5) is 4.75. The first-order valence-corrected chi connectivity index (χ1v) is 8.37. The Kier molecular flexibility index (Phi) is 3.97. The van der Waals surface area contributed by atoms with Gasteiger partial charge in [-0.2, -0.15) is 0 Å². The molecule has 4 rings (SSSR count). The van der Waals surface area contributed by atoms with E-state index < -0.39 is 0 Å². The lowest BCUT2D eigenvalue weighted by molar-refractivity contribution is 0.475. The van der Waals surface area contributed by atoms with Crippen molar-refractivity contribution in [3.8, 4) is 17.0 Å². The van der Waals surface area contributed by atoms with Gasteiger partial charge in [-0.1, -0.05) is 35.9 Å². The summed E-state index contributed by atoms with van der Waals surface area (Å²) in [6.07, 6.45) is 2.01. The Balaban J connectivity index is 1.87. The number of imidazole rings is 1. The van der Waals surface area contributed by atoms with Crippen LogP contribution in [0.25, 0.3) is 16.9 Å². The number of hydrogen-bond acceptors (Lipinski definition) is 4. The van der Waals surface area contributed by atoms with Crippen LogP contribution in [0.2, 0.25) is 0 Å². The summed E-state index contributed by atoms with van der Waals surface area (Å²) in [6, 6.07) is 18.8. The molecule has 0 fully saturated rings. The van der Waals surface area contributed by atoms with Crippen molar-refractivity contribution >= 4 is 17.2 Å². The number of phenolic OH excluding ortho intramolecular Hbond substituents is 1. The molecule has 0 unspecified atom stereocenters. The van der Waals surface area contributed by atoms with Crippen LogP contribution in [-0.2, 0) is 0 Å². The third-order valence-corrected chi connectivity index (χ3v) is 4.18. The van der Waals surface area contributed by atoms with E-state index in [1.54, 1.807) is 24.3 Å². The van der Waals surface area contributed by atoms with Gasteiger partial charge in [0.1, 0.15) is 17.1 Å². The predicted molar refractivity (Wildman–Crippen MR) is 102 cm³/mol. The Morgan fingerprint density at radius 1 is 0.808 bits per heavy atom. The molecule has 0 saturated carbocycles. The first-order valence-electron chi connectivity index (χ1n) is 8.37. The summed E-state index contributed by atoms with van der Waals surface area (Å²) >= 11 is 0. The largest absolute Gasteiger partial charge is 0.508 e. The number of fused-ring (bicyclic) bond motifs is 1. The lowest BCUT2D eigenvalue weighted by atomic mass is 10.1. The second-order valence-corrected chi connectivity index (χ2v) is 6.30. The summed E-state index contributed by atoms with van der Waals surface area (Å²) < 4.78 is 1.95. The van der Waals surface area contributed by atoms with Gasteiger partial charge < -0.3 is 5.11 Å². The molecule has 2 heterocycles. The number of aromatic hydroxyl groups is 1. The lowest BCUT2D eigenvalue weighted by Crippen LogP contribution is -1.85. The van der Waals surface area contributed by atoms with E-state index in [-0.39, 0.29) is 5.75 Å². The fraction of sp³-hybridized carbons (Fsp3) is 0.0952. The second kappa shape index (κ2) is 6.44. The van der Waals surface area contributed by atoms with E-state index in [0.29, 0.717) is 11.5 Å². The Hall–Kier alpha value is -3.47. The molecule has 4 aromatic rings. The molecule has 0 spiro atoms. The van der Waals surface area contributed by atoms with Crippen molar-refractivity contribution in [1.82, 2.24) is 9.38 Å². The summed E-state index contributed by atoms with van der Waals surface area (Å²) in [5.41, 5.74) is 5.59. The van der Waals surface area contributed by atoms with E-state index in [1.807, 2.05) is 41.8 Å². The Morgan fingerprint density at radius 3 is 2.23 bits per heavy atom. The van der Waals surface area contributed by atoms with Crippen molar-refractivity contribution in [3.05, 3.63) is 78.0 Å². The zero-order valence-corrected chi connectivity index (χ0v) is 14.6. The van der Waals surface area contributed by atoms with E-state index >= 15 is 0 Å². The summed E-state index contributed by atoms with van der Waals surface area (Å²) in [5.74, 6) is 0.885. The molecule has 0 saturated heterocycles. The number of azo groups is 1. The molecule has 0 aliphatic rings. The van der Waals surface area contributed by atoms with Crippen LogP contribution in [0.3, 0.4) is 0 Å². The van der Waals surface area contributed by atoms with E-state index in [2.05, 4.69) is 29.3 Å². The van der Waals surface area contributed by atoms with Gasteiger partial charge in [0, 0.05) is 11.8 Å². The van der Waals surface area contributed by atoms with E-state index in [1.165, 1.54) is 5.56 Å². The van der Waals surface area contributed by atoms with Crippen LogP contribution in [-0.4, -0.2) is 14.5 Å². The molecule has 2 aromatic carbocycles. The Bertz CT molecular complexity index is 1090. The van der Waals surface area contributed by atoms with Gasteiger partial charge in [-0.25, -0.2) is 4.98 Å². The molecule has 26 heavy (non-hydrogen) atoms. The molecule has 128 valence electrons. The zero-order chi connectivity index (χ0) is 18.1. The van der Waals surface area contributed by atoms with Crippen molar-refractivity contribution < 1.29 is 5.11 Å². The van der Waals surface area contributed by atoms with Crippen molar-refractivity contribution in [3.63, 3.8) is 0 Å². The minimum Gasteiger partial charge on any atom is -0.508 e. The first-order chi connectivity index (χ1) is 12.6. The number of benzene rings is 2. The molecule has 0 aliphatic heterocycles. The van der Waals surface area contributed by atoms with Crippen LogP contribution >= 0.6 is 0 Å². The van der Waals surface area contributed by atoms with Gasteiger partial charge in [-0.3, -0.25) is 4.40 Å². The highest BCUT2D eigenvalue weighted by atomic mass is 16.3. The molecule has 0 bridgehead atoms. The van der Waals surface area contributed by atoms with E-state index in [4.69, 9.17) is 4.98 Å². The summed E-state index contributed by atoms with van der Waals surface area (Å²) in [6.45, 7) is 4.09. The summed E-state index contributed by atoms with van der Waals surface area (Å²) in [5, 5.41) is 18.2. The minimum absolute atomic E-state index is 0.203. The molecule has 1 N–H and O–H groups in total. The Morgan fingerprint density at radius 2 is 1.50 bits per heavy atom. The maximum Gasteiger partial charge on any atom is 0.187 e. The van der Waals surface area contributed by atoms with Crippen molar-refractivity contribution in [1.29, 1.82) is 0 Å². The first kappa shape index (κ1) is 16.0. The number of pyridine rings is 1. The lowest BCUT2D eigenvalue weighted by Gasteiger charge is -2.01. The predicted octanol–water partition coefficient (Wildman–Crippen LogP) is 5.74. The van der Waals surface area contributed by atoms with Gasteiger partial charge >= 0.3 is 0 Å². The van der Waals surface area contributed by atoms with Crippen molar-refractivity contribution in [2.45, 2.75) is 13.8 Å². The van der Waals surface area contributed by atoms with Gasteiger partial charge in [-0.15, -0.1) is 10.2 Å². The molecule has 2 aromatic heterocycles. The third kappa shape index (κ3) is 3.07. The smallest absolute Gasteiger partial charge is 0.187 e. The van der Waals surface area contributed by atoms with Crippen LogP contribution in [0, 0.1) is 13.8 Å². The van der Waals surface area contributed by atoms with Gasteiger partial charge in [0.05, 0.1) is 5.69 Å². The maximum atomic E-state index is 9.41. The number of aromatic nitrogens is 2. The Labute approximate surface area is 151 Å². The van der Waals surface area contributed by atoms with Gasteiger partial charge in [0.25, 0.3) is 0 Å². The normalized spacial score (nSPS) is 11.5. The molecule has 0 radical (unpaired) electrons. The average molecular weight is 342 g/mol. The molecule has 5 heteroatoms. The van der Waals surface area contributed by atoms with E-state index in [0.717, 1.165) is 22.5 Å². The van der Waals surface area contributed by atoms with Crippen LogP contribution < -0.4 is 0 Å². The second-order valence-electron chi connectivity index (χ2n) is 6.30.